The van der Waals surface area contributed by atoms with Crippen LogP contribution >= 0.6 is 11.6 Å². The van der Waals surface area contributed by atoms with Crippen LogP contribution in [0, 0.1) is 12.8 Å². The molecule has 0 saturated heterocycles. The molecule has 1 nitrogen and oxygen atoms in total. The molecule has 0 amide bonds. The Morgan fingerprint density at radius 1 is 1.11 bits per heavy atom. The smallest absolute Gasteiger partial charge is 0.0453 e. The Kier molecular flexibility index (Phi) is 8.16. The Balaban J connectivity index is 2.04. The molecule has 0 fully saturated rings. The lowest BCUT2D eigenvalue weighted by Crippen LogP contribution is -2.14. The summed E-state index contributed by atoms with van der Waals surface area (Å²) in [6.45, 7) is 8.64. The molecule has 0 unspecified atom stereocenters. The third kappa shape index (κ3) is 7.59. The number of aryl methyl sites for hydroxylation is 1. The molecule has 1 rings (SSSR count). The molecule has 0 aromatic heterocycles. The average molecular weight is 282 g/mol. The number of unbranched alkanes of at least 4 members (excludes halogenated alkanes) is 3. The molecule has 0 aliphatic rings. The Morgan fingerprint density at radius 2 is 1.84 bits per heavy atom. The van der Waals surface area contributed by atoms with Gasteiger partial charge in [-0.25, -0.2) is 0 Å². The molecule has 1 N–H and O–H groups in total. The zero-order valence-corrected chi connectivity index (χ0v) is 13.4. The van der Waals surface area contributed by atoms with Crippen LogP contribution in [0.4, 0.5) is 0 Å². The standard InChI is InChI=1S/C17H28ClN/c1-14(2)8-6-4-5-7-11-19-13-16-10-9-15(3)12-17(16)18/h9-10,12,14,19H,4-8,11,13H2,1-3H3. The first-order valence-corrected chi connectivity index (χ1v) is 7.93. The van der Waals surface area contributed by atoms with Gasteiger partial charge in [0, 0.05) is 11.6 Å². The number of rotatable bonds is 9. The van der Waals surface area contributed by atoms with Crippen LogP contribution in [-0.2, 0) is 6.54 Å². The van der Waals surface area contributed by atoms with E-state index in [1.54, 1.807) is 0 Å². The molecule has 0 spiro atoms. The summed E-state index contributed by atoms with van der Waals surface area (Å²) >= 11 is 6.20. The minimum atomic E-state index is 0.849. The van der Waals surface area contributed by atoms with Crippen molar-refractivity contribution in [1.29, 1.82) is 0 Å². The summed E-state index contributed by atoms with van der Waals surface area (Å²) in [5.74, 6) is 0.849. The third-order valence-corrected chi connectivity index (χ3v) is 3.76. The number of hydrogen-bond acceptors (Lipinski definition) is 1. The second-order valence-electron chi connectivity index (χ2n) is 5.87. The first-order valence-electron chi connectivity index (χ1n) is 7.55. The van der Waals surface area contributed by atoms with Gasteiger partial charge in [-0.3, -0.25) is 0 Å². The van der Waals surface area contributed by atoms with E-state index < -0.39 is 0 Å². The van der Waals surface area contributed by atoms with E-state index in [4.69, 9.17) is 11.6 Å². The molecule has 0 bridgehead atoms. The largest absolute Gasteiger partial charge is 0.313 e. The average Bonchev–Trinajstić information content (AvgIpc) is 2.34. The highest BCUT2D eigenvalue weighted by Crippen LogP contribution is 2.17. The molecule has 0 aliphatic carbocycles. The summed E-state index contributed by atoms with van der Waals surface area (Å²) in [5.41, 5.74) is 2.42. The number of nitrogens with one attached hydrogen (secondary N) is 1. The van der Waals surface area contributed by atoms with E-state index in [2.05, 4.69) is 38.2 Å². The number of halogens is 1. The fraction of sp³-hybridized carbons (Fsp3) is 0.647. The first-order chi connectivity index (χ1) is 9.09. The lowest BCUT2D eigenvalue weighted by Gasteiger charge is -2.08. The summed E-state index contributed by atoms with van der Waals surface area (Å²) in [7, 11) is 0. The fourth-order valence-corrected chi connectivity index (χ4v) is 2.48. The molecule has 0 radical (unpaired) electrons. The van der Waals surface area contributed by atoms with Gasteiger partial charge in [-0.2, -0.15) is 0 Å². The quantitative estimate of drug-likeness (QED) is 0.602. The van der Waals surface area contributed by atoms with E-state index in [9.17, 15) is 0 Å². The highest BCUT2D eigenvalue weighted by molar-refractivity contribution is 6.31. The van der Waals surface area contributed by atoms with Crippen molar-refractivity contribution in [2.75, 3.05) is 6.54 Å². The van der Waals surface area contributed by atoms with E-state index in [-0.39, 0.29) is 0 Å². The molecule has 0 heterocycles. The van der Waals surface area contributed by atoms with E-state index >= 15 is 0 Å². The van der Waals surface area contributed by atoms with Gasteiger partial charge in [0.05, 0.1) is 0 Å². The molecule has 0 atom stereocenters. The summed E-state index contributed by atoms with van der Waals surface area (Å²) in [4.78, 5) is 0. The minimum absolute atomic E-state index is 0.849. The summed E-state index contributed by atoms with van der Waals surface area (Å²) in [6, 6.07) is 6.27. The van der Waals surface area contributed by atoms with Crippen LogP contribution in [0.3, 0.4) is 0 Å². The molecule has 1 aromatic carbocycles. The highest BCUT2D eigenvalue weighted by Gasteiger charge is 2.00. The lowest BCUT2D eigenvalue weighted by atomic mass is 10.0. The first kappa shape index (κ1) is 16.5. The van der Waals surface area contributed by atoms with Gasteiger partial charge in [0.1, 0.15) is 0 Å². The van der Waals surface area contributed by atoms with Crippen molar-refractivity contribution in [3.05, 3.63) is 34.3 Å². The van der Waals surface area contributed by atoms with Crippen LogP contribution in [0.25, 0.3) is 0 Å². The molecule has 0 saturated carbocycles. The van der Waals surface area contributed by atoms with Crippen molar-refractivity contribution >= 4 is 11.6 Å². The monoisotopic (exact) mass is 281 g/mol. The number of hydrogen-bond donors (Lipinski definition) is 1. The van der Waals surface area contributed by atoms with E-state index in [1.165, 1.54) is 43.2 Å². The predicted molar refractivity (Wildman–Crippen MR) is 85.8 cm³/mol. The molecule has 0 aliphatic heterocycles. The molecular weight excluding hydrogens is 254 g/mol. The Bertz CT molecular complexity index is 360. The van der Waals surface area contributed by atoms with E-state index in [0.29, 0.717) is 0 Å². The minimum Gasteiger partial charge on any atom is -0.313 e. The van der Waals surface area contributed by atoms with E-state index in [0.717, 1.165) is 24.0 Å². The van der Waals surface area contributed by atoms with Crippen molar-refractivity contribution in [1.82, 2.24) is 5.32 Å². The van der Waals surface area contributed by atoms with Gasteiger partial charge in [-0.05, 0) is 43.0 Å². The van der Waals surface area contributed by atoms with Crippen LogP contribution in [0.1, 0.15) is 57.1 Å². The van der Waals surface area contributed by atoms with Crippen molar-refractivity contribution < 1.29 is 0 Å². The van der Waals surface area contributed by atoms with Gasteiger partial charge < -0.3 is 5.32 Å². The van der Waals surface area contributed by atoms with Crippen molar-refractivity contribution in [3.8, 4) is 0 Å². The predicted octanol–water partition coefficient (Wildman–Crippen LogP) is 5.34. The number of benzene rings is 1. The van der Waals surface area contributed by atoms with Gasteiger partial charge in [0.15, 0.2) is 0 Å². The summed E-state index contributed by atoms with van der Waals surface area (Å²) < 4.78 is 0. The maximum atomic E-state index is 6.20. The topological polar surface area (TPSA) is 12.0 Å². The lowest BCUT2D eigenvalue weighted by molar-refractivity contribution is 0.512. The highest BCUT2D eigenvalue weighted by atomic mass is 35.5. The normalized spacial score (nSPS) is 11.2. The Labute approximate surface area is 123 Å². The van der Waals surface area contributed by atoms with Crippen LogP contribution in [0.2, 0.25) is 5.02 Å². The van der Waals surface area contributed by atoms with Gasteiger partial charge >= 0.3 is 0 Å². The van der Waals surface area contributed by atoms with Gasteiger partial charge in [0.25, 0.3) is 0 Å². The van der Waals surface area contributed by atoms with Crippen molar-refractivity contribution in [2.45, 2.75) is 59.4 Å². The Hall–Kier alpha value is -0.530. The zero-order valence-electron chi connectivity index (χ0n) is 12.6. The van der Waals surface area contributed by atoms with Gasteiger partial charge in [-0.15, -0.1) is 0 Å². The summed E-state index contributed by atoms with van der Waals surface area (Å²) in [6.07, 6.45) is 6.71. The maximum absolute atomic E-state index is 6.20. The van der Waals surface area contributed by atoms with Gasteiger partial charge in [0.2, 0.25) is 0 Å². The second-order valence-corrected chi connectivity index (χ2v) is 6.28. The zero-order chi connectivity index (χ0) is 14.1. The van der Waals surface area contributed by atoms with Crippen molar-refractivity contribution in [3.63, 3.8) is 0 Å². The van der Waals surface area contributed by atoms with Gasteiger partial charge in [-0.1, -0.05) is 63.3 Å². The van der Waals surface area contributed by atoms with Crippen LogP contribution in [-0.4, -0.2) is 6.54 Å². The Morgan fingerprint density at radius 3 is 2.53 bits per heavy atom. The molecule has 19 heavy (non-hydrogen) atoms. The van der Waals surface area contributed by atoms with Crippen LogP contribution in [0.15, 0.2) is 18.2 Å². The second kappa shape index (κ2) is 9.39. The molecular formula is C17H28ClN. The SMILES string of the molecule is Cc1ccc(CNCCCCCCC(C)C)c(Cl)c1. The van der Waals surface area contributed by atoms with Crippen molar-refractivity contribution in [2.24, 2.45) is 5.92 Å². The van der Waals surface area contributed by atoms with Crippen LogP contribution in [0.5, 0.6) is 0 Å². The van der Waals surface area contributed by atoms with Crippen LogP contribution < -0.4 is 5.32 Å². The maximum Gasteiger partial charge on any atom is 0.0453 e. The molecule has 1 aromatic rings. The third-order valence-electron chi connectivity index (χ3n) is 3.41. The molecule has 2 heteroatoms. The van der Waals surface area contributed by atoms with E-state index in [1.807, 2.05) is 6.07 Å². The molecule has 108 valence electrons. The fourth-order valence-electron chi connectivity index (χ4n) is 2.17. The summed E-state index contributed by atoms with van der Waals surface area (Å²) in [5, 5.41) is 4.36.